The molecule has 0 saturated carbocycles. The van der Waals surface area contributed by atoms with Gasteiger partial charge in [-0.25, -0.2) is 9.97 Å². The number of anilines is 1. The van der Waals surface area contributed by atoms with E-state index >= 15 is 0 Å². The van der Waals surface area contributed by atoms with Gasteiger partial charge in [-0.2, -0.15) is 0 Å². The molecule has 4 nitrogen and oxygen atoms in total. The Morgan fingerprint density at radius 2 is 1.59 bits per heavy atom. The second-order valence-corrected chi connectivity index (χ2v) is 8.17. The zero-order valence-corrected chi connectivity index (χ0v) is 18.5. The molecule has 0 aliphatic heterocycles. The van der Waals surface area contributed by atoms with Gasteiger partial charge in [-0.1, -0.05) is 48.5 Å². The third-order valence-electron chi connectivity index (χ3n) is 5.76. The van der Waals surface area contributed by atoms with E-state index in [0.29, 0.717) is 0 Å². The van der Waals surface area contributed by atoms with E-state index < -0.39 is 0 Å². The number of aromatic nitrogens is 2. The van der Waals surface area contributed by atoms with Gasteiger partial charge in [0.05, 0.1) is 12.0 Å². The van der Waals surface area contributed by atoms with E-state index in [4.69, 9.17) is 4.42 Å². The van der Waals surface area contributed by atoms with Crippen LogP contribution < -0.4 is 5.32 Å². The molecule has 4 heteroatoms. The Kier molecular flexibility index (Phi) is 5.20. The van der Waals surface area contributed by atoms with Gasteiger partial charge in [-0.3, -0.25) is 0 Å². The lowest BCUT2D eigenvalue weighted by molar-refractivity contribution is 0.613. The maximum Gasteiger partial charge on any atom is 0.134 e. The smallest absolute Gasteiger partial charge is 0.134 e. The molecule has 1 atom stereocenters. The molecular weight excluding hydrogens is 394 g/mol. The summed E-state index contributed by atoms with van der Waals surface area (Å²) in [7, 11) is 0. The normalized spacial score (nSPS) is 12.1. The van der Waals surface area contributed by atoms with E-state index in [2.05, 4.69) is 83.7 Å². The van der Waals surface area contributed by atoms with Gasteiger partial charge >= 0.3 is 0 Å². The summed E-state index contributed by atoms with van der Waals surface area (Å²) in [5.41, 5.74) is 7.59. The second kappa shape index (κ2) is 8.31. The van der Waals surface area contributed by atoms with Crippen molar-refractivity contribution in [1.29, 1.82) is 0 Å². The van der Waals surface area contributed by atoms with Crippen LogP contribution in [0.1, 0.15) is 29.9 Å². The Balaban J connectivity index is 1.43. The predicted octanol–water partition coefficient (Wildman–Crippen LogP) is 7.35. The summed E-state index contributed by atoms with van der Waals surface area (Å²) in [6.07, 6.45) is 1.79. The van der Waals surface area contributed by atoms with E-state index in [9.17, 15) is 0 Å². The third-order valence-corrected chi connectivity index (χ3v) is 5.76. The van der Waals surface area contributed by atoms with Crippen molar-refractivity contribution < 1.29 is 4.42 Å². The van der Waals surface area contributed by atoms with Crippen molar-refractivity contribution >= 4 is 16.8 Å². The molecule has 0 bridgehead atoms. The Morgan fingerprint density at radius 3 is 2.44 bits per heavy atom. The third kappa shape index (κ3) is 4.00. The van der Waals surface area contributed by atoms with Crippen molar-refractivity contribution in [2.24, 2.45) is 0 Å². The van der Waals surface area contributed by atoms with Crippen molar-refractivity contribution in [2.75, 3.05) is 5.32 Å². The van der Waals surface area contributed by atoms with Crippen molar-refractivity contribution in [3.05, 3.63) is 102 Å². The van der Waals surface area contributed by atoms with Gasteiger partial charge in [0, 0.05) is 23.1 Å². The maximum absolute atomic E-state index is 5.59. The predicted molar refractivity (Wildman–Crippen MR) is 131 cm³/mol. The lowest BCUT2D eigenvalue weighted by Crippen LogP contribution is -2.09. The summed E-state index contributed by atoms with van der Waals surface area (Å²) in [6, 6.07) is 27.4. The average molecular weight is 420 g/mol. The summed E-state index contributed by atoms with van der Waals surface area (Å²) < 4.78 is 5.59. The van der Waals surface area contributed by atoms with E-state index in [1.54, 1.807) is 6.26 Å². The quantitative estimate of drug-likeness (QED) is 0.324. The topological polar surface area (TPSA) is 51.0 Å². The number of nitrogens with one attached hydrogen (secondary N) is 1. The molecule has 158 valence electrons. The molecule has 3 aromatic carbocycles. The molecule has 0 aliphatic rings. The molecule has 0 amide bonds. The van der Waals surface area contributed by atoms with Crippen LogP contribution in [0.25, 0.3) is 33.4 Å². The van der Waals surface area contributed by atoms with Crippen LogP contribution >= 0.6 is 0 Å². The van der Waals surface area contributed by atoms with Gasteiger partial charge in [0.15, 0.2) is 0 Å². The monoisotopic (exact) mass is 419 g/mol. The fourth-order valence-electron chi connectivity index (χ4n) is 4.03. The molecule has 1 N–H and O–H groups in total. The number of hydrogen-bond acceptors (Lipinski definition) is 4. The molecule has 0 radical (unpaired) electrons. The van der Waals surface area contributed by atoms with Gasteiger partial charge in [-0.15, -0.1) is 0 Å². The Hall–Kier alpha value is -3.92. The molecule has 5 rings (SSSR count). The highest BCUT2D eigenvalue weighted by Crippen LogP contribution is 2.29. The lowest BCUT2D eigenvalue weighted by atomic mass is 10.00. The van der Waals surface area contributed by atoms with Gasteiger partial charge in [0.1, 0.15) is 17.2 Å². The number of fused-ring (bicyclic) bond motifs is 1. The van der Waals surface area contributed by atoms with Crippen molar-refractivity contribution in [3.8, 4) is 22.4 Å². The summed E-state index contributed by atoms with van der Waals surface area (Å²) >= 11 is 0. The van der Waals surface area contributed by atoms with Gasteiger partial charge in [-0.05, 0) is 67.3 Å². The minimum atomic E-state index is 0.0967. The summed E-state index contributed by atoms with van der Waals surface area (Å²) in [5, 5.41) is 4.67. The van der Waals surface area contributed by atoms with Crippen LogP contribution in [0.3, 0.4) is 0 Å². The van der Waals surface area contributed by atoms with Crippen LogP contribution in [0.15, 0.2) is 89.5 Å². The van der Waals surface area contributed by atoms with Crippen LogP contribution in [0.4, 0.5) is 5.82 Å². The SMILES string of the molecule is Cc1nc(N[C@@H](C)c2cccc(-c3ccccc3)c2)cc(-c2ccc3occ(C)c3c2)n1. The summed E-state index contributed by atoms with van der Waals surface area (Å²) in [6.45, 7) is 6.14. The number of furan rings is 1. The Morgan fingerprint density at radius 1 is 0.781 bits per heavy atom. The maximum atomic E-state index is 5.59. The number of rotatable bonds is 5. The molecular formula is C28H25N3O. The molecule has 5 aromatic rings. The molecule has 0 fully saturated rings. The highest BCUT2D eigenvalue weighted by molar-refractivity contribution is 5.85. The average Bonchev–Trinajstić information content (AvgIpc) is 3.19. The molecule has 0 spiro atoms. The largest absolute Gasteiger partial charge is 0.464 e. The lowest BCUT2D eigenvalue weighted by Gasteiger charge is -2.17. The van der Waals surface area contributed by atoms with Gasteiger partial charge in [0.25, 0.3) is 0 Å². The fourth-order valence-corrected chi connectivity index (χ4v) is 4.03. The van der Waals surface area contributed by atoms with Crippen LogP contribution in [0.2, 0.25) is 0 Å². The number of nitrogens with zero attached hydrogens (tertiary/aromatic N) is 2. The van der Waals surface area contributed by atoms with Crippen molar-refractivity contribution in [3.63, 3.8) is 0 Å². The minimum absolute atomic E-state index is 0.0967. The Labute approximate surface area is 188 Å². The number of aryl methyl sites for hydroxylation is 2. The standard InChI is InChI=1S/C28H25N3O/c1-18-17-32-27-13-12-24(15-25(18)27)26-16-28(31-20(3)30-26)29-19(2)22-10-7-11-23(14-22)21-8-5-4-6-9-21/h4-17,19H,1-3H3,(H,29,30,31)/t19-/m0/s1. The molecule has 32 heavy (non-hydrogen) atoms. The van der Waals surface area contributed by atoms with Crippen LogP contribution in [0.5, 0.6) is 0 Å². The number of benzene rings is 3. The van der Waals surface area contributed by atoms with Crippen LogP contribution in [-0.2, 0) is 0 Å². The molecule has 2 aromatic heterocycles. The summed E-state index contributed by atoms with van der Waals surface area (Å²) in [4.78, 5) is 9.31. The minimum Gasteiger partial charge on any atom is -0.464 e. The first-order valence-corrected chi connectivity index (χ1v) is 10.8. The van der Waals surface area contributed by atoms with E-state index in [1.165, 1.54) is 16.7 Å². The Bertz CT molecular complexity index is 1390. The van der Waals surface area contributed by atoms with Crippen molar-refractivity contribution in [1.82, 2.24) is 9.97 Å². The number of hydrogen-bond donors (Lipinski definition) is 1. The van der Waals surface area contributed by atoms with E-state index in [-0.39, 0.29) is 6.04 Å². The van der Waals surface area contributed by atoms with E-state index in [0.717, 1.165) is 39.4 Å². The van der Waals surface area contributed by atoms with Gasteiger partial charge < -0.3 is 9.73 Å². The van der Waals surface area contributed by atoms with E-state index in [1.807, 2.05) is 31.2 Å². The van der Waals surface area contributed by atoms with Crippen LogP contribution in [0, 0.1) is 13.8 Å². The first-order valence-electron chi connectivity index (χ1n) is 10.8. The highest BCUT2D eigenvalue weighted by atomic mass is 16.3. The fraction of sp³-hybridized carbons (Fsp3) is 0.143. The van der Waals surface area contributed by atoms with Gasteiger partial charge in [0.2, 0.25) is 0 Å². The zero-order valence-electron chi connectivity index (χ0n) is 18.5. The zero-order chi connectivity index (χ0) is 22.1. The highest BCUT2D eigenvalue weighted by Gasteiger charge is 2.12. The molecule has 2 heterocycles. The molecule has 0 unspecified atom stereocenters. The van der Waals surface area contributed by atoms with Crippen molar-refractivity contribution in [2.45, 2.75) is 26.8 Å². The molecule has 0 aliphatic carbocycles. The first-order chi connectivity index (χ1) is 15.6. The second-order valence-electron chi connectivity index (χ2n) is 8.17. The molecule has 0 saturated heterocycles. The first kappa shape index (κ1) is 20.0. The summed E-state index contributed by atoms with van der Waals surface area (Å²) in [5.74, 6) is 1.55. The van der Waals surface area contributed by atoms with Crippen LogP contribution in [-0.4, -0.2) is 9.97 Å².